The fourth-order valence-electron chi connectivity index (χ4n) is 3.49. The van der Waals surface area contributed by atoms with Crippen LogP contribution in [0, 0.1) is 10.1 Å². The first-order valence-electron chi connectivity index (χ1n) is 8.49. The van der Waals surface area contributed by atoms with E-state index in [1.54, 1.807) is 12.1 Å². The van der Waals surface area contributed by atoms with Crippen molar-refractivity contribution in [2.75, 3.05) is 26.0 Å². The van der Waals surface area contributed by atoms with Gasteiger partial charge in [0.1, 0.15) is 0 Å². The lowest BCUT2D eigenvalue weighted by atomic mass is 10.1. The number of nitro groups is 1. The highest BCUT2D eigenvalue weighted by Crippen LogP contribution is 2.29. The average molecular weight is 402 g/mol. The van der Waals surface area contributed by atoms with E-state index in [4.69, 9.17) is 4.74 Å². The molecule has 1 aromatic rings. The Balaban J connectivity index is 0.00000243. The maximum atomic E-state index is 12.4. The first-order chi connectivity index (χ1) is 12.1. The van der Waals surface area contributed by atoms with Crippen LogP contribution in [0.2, 0.25) is 0 Å². The van der Waals surface area contributed by atoms with Crippen LogP contribution in [0.3, 0.4) is 0 Å². The third-order valence-electron chi connectivity index (χ3n) is 4.81. The highest BCUT2D eigenvalue weighted by atomic mass is 35.5. The maximum Gasteiger partial charge on any atom is 0.311 e. The molecule has 2 heterocycles. The summed E-state index contributed by atoms with van der Waals surface area (Å²) in [4.78, 5) is 25.0. The van der Waals surface area contributed by atoms with Crippen molar-refractivity contribution < 1.29 is 14.5 Å². The van der Waals surface area contributed by atoms with Gasteiger partial charge in [-0.1, -0.05) is 6.07 Å². The molecule has 1 aromatic carbocycles. The van der Waals surface area contributed by atoms with Crippen molar-refractivity contribution in [3.8, 4) is 5.75 Å². The number of hydrogen-bond donors (Lipinski definition) is 1. The molecule has 0 radical (unpaired) electrons. The average Bonchev–Trinajstić information content (AvgIpc) is 2.93. The Morgan fingerprint density at radius 1 is 1.38 bits per heavy atom. The second-order valence-corrected chi connectivity index (χ2v) is 7.51. The molecule has 2 aliphatic rings. The number of methoxy groups -OCH3 is 1. The van der Waals surface area contributed by atoms with Gasteiger partial charge in [-0.2, -0.15) is 0 Å². The van der Waals surface area contributed by atoms with E-state index >= 15 is 0 Å². The Hall–Kier alpha value is -1.51. The number of carbonyl (C=O) groups excluding carboxylic acids is 1. The van der Waals surface area contributed by atoms with Crippen LogP contribution in [-0.4, -0.2) is 53.8 Å². The quantitative estimate of drug-likeness (QED) is 0.582. The van der Waals surface area contributed by atoms with Crippen molar-refractivity contribution >= 4 is 35.8 Å². The molecule has 2 unspecified atom stereocenters. The highest BCUT2D eigenvalue weighted by Gasteiger charge is 2.30. The van der Waals surface area contributed by atoms with Crippen LogP contribution in [0.5, 0.6) is 5.75 Å². The van der Waals surface area contributed by atoms with Gasteiger partial charge in [0, 0.05) is 37.0 Å². The number of nitro benzene ring substituents is 1. The number of nitrogens with zero attached hydrogens (tertiary/aromatic N) is 2. The Bertz CT molecular complexity index is 661. The van der Waals surface area contributed by atoms with Gasteiger partial charge in [0.05, 0.1) is 17.8 Å². The first-order valence-corrected chi connectivity index (χ1v) is 9.65. The van der Waals surface area contributed by atoms with E-state index < -0.39 is 4.92 Å². The lowest BCUT2D eigenvalue weighted by molar-refractivity contribution is -0.385. The monoisotopic (exact) mass is 401 g/mol. The number of carbonyl (C=O) groups is 1. The van der Waals surface area contributed by atoms with Crippen LogP contribution in [0.1, 0.15) is 24.8 Å². The van der Waals surface area contributed by atoms with Crippen molar-refractivity contribution in [1.82, 2.24) is 10.2 Å². The number of nitrogens with one attached hydrogen (secondary N) is 1. The summed E-state index contributed by atoms with van der Waals surface area (Å²) < 4.78 is 5.00. The Morgan fingerprint density at radius 2 is 2.15 bits per heavy atom. The minimum atomic E-state index is -0.447. The van der Waals surface area contributed by atoms with Gasteiger partial charge in [0.15, 0.2) is 5.75 Å². The van der Waals surface area contributed by atoms with Gasteiger partial charge in [-0.15, -0.1) is 24.2 Å². The number of fused-ring (bicyclic) bond motifs is 2. The van der Waals surface area contributed by atoms with Crippen LogP contribution >= 0.6 is 24.2 Å². The Morgan fingerprint density at radius 3 is 2.88 bits per heavy atom. The van der Waals surface area contributed by atoms with Gasteiger partial charge >= 0.3 is 5.69 Å². The molecule has 1 amide bonds. The molecule has 144 valence electrons. The lowest BCUT2D eigenvalue weighted by Crippen LogP contribution is -2.39. The fourth-order valence-corrected chi connectivity index (χ4v) is 4.36. The summed E-state index contributed by atoms with van der Waals surface area (Å²) in [6, 6.07) is 5.93. The third-order valence-corrected chi connectivity index (χ3v) is 5.80. The molecule has 0 aromatic heterocycles. The topological polar surface area (TPSA) is 84.7 Å². The van der Waals surface area contributed by atoms with E-state index in [2.05, 4.69) is 5.32 Å². The number of thioether (sulfide) groups is 1. The lowest BCUT2D eigenvalue weighted by Gasteiger charge is -2.24. The van der Waals surface area contributed by atoms with E-state index in [9.17, 15) is 14.9 Å². The zero-order valence-electron chi connectivity index (χ0n) is 14.7. The molecule has 2 aliphatic heterocycles. The molecule has 0 saturated carbocycles. The number of likely N-dealkylation sites (tertiary alicyclic amines) is 1. The van der Waals surface area contributed by atoms with Crippen molar-refractivity contribution in [2.24, 2.45) is 0 Å². The zero-order chi connectivity index (χ0) is 17.8. The van der Waals surface area contributed by atoms with Crippen molar-refractivity contribution in [3.05, 3.63) is 33.9 Å². The minimum absolute atomic E-state index is 0. The number of halogens is 1. The number of amides is 1. The van der Waals surface area contributed by atoms with Gasteiger partial charge in [-0.25, -0.2) is 0 Å². The first kappa shape index (κ1) is 20.8. The second-order valence-electron chi connectivity index (χ2n) is 6.52. The van der Waals surface area contributed by atoms with Crippen LogP contribution in [0.15, 0.2) is 18.2 Å². The molecule has 0 spiro atoms. The molecule has 2 fully saturated rings. The molecule has 3 rings (SSSR count). The van der Waals surface area contributed by atoms with E-state index in [-0.39, 0.29) is 29.8 Å². The standard InChI is InChI=1S/C17H23N3O4S.ClH/c1-24-16-5-2-12(8-15(16)20(22)23)10-25-11-17(21)19-7-6-13-3-4-14(9-19)18-13;/h2,5,8,13-14,18H,3-4,6-7,9-11H2,1H3;1H. The second kappa shape index (κ2) is 9.43. The number of benzene rings is 1. The molecule has 2 saturated heterocycles. The molecule has 0 aliphatic carbocycles. The summed E-state index contributed by atoms with van der Waals surface area (Å²) in [5.41, 5.74) is 0.781. The van der Waals surface area contributed by atoms with Crippen LogP contribution in [0.25, 0.3) is 0 Å². The van der Waals surface area contributed by atoms with Gasteiger partial charge < -0.3 is 15.0 Å². The van der Waals surface area contributed by atoms with Crippen molar-refractivity contribution in [2.45, 2.75) is 37.1 Å². The predicted molar refractivity (Wildman–Crippen MR) is 104 cm³/mol. The summed E-state index contributed by atoms with van der Waals surface area (Å²) >= 11 is 1.49. The van der Waals surface area contributed by atoms with Crippen molar-refractivity contribution in [1.29, 1.82) is 0 Å². The normalized spacial score (nSPS) is 21.7. The number of rotatable bonds is 6. The van der Waals surface area contributed by atoms with Gasteiger partial charge in [0.2, 0.25) is 5.91 Å². The fraction of sp³-hybridized carbons (Fsp3) is 0.588. The largest absolute Gasteiger partial charge is 0.490 e. The summed E-state index contributed by atoms with van der Waals surface area (Å²) in [5, 5.41) is 14.6. The molecule has 9 heteroatoms. The SMILES string of the molecule is COc1ccc(CSCC(=O)N2CCC3CCC(C2)N3)cc1[N+](=O)[O-].Cl. The summed E-state index contributed by atoms with van der Waals surface area (Å²) in [6.45, 7) is 1.62. The molecule has 2 bridgehead atoms. The van der Waals surface area contributed by atoms with Gasteiger partial charge in [0.25, 0.3) is 0 Å². The molecule has 26 heavy (non-hydrogen) atoms. The molecular formula is C17H24ClN3O4S. The third kappa shape index (κ3) is 5.02. The van der Waals surface area contributed by atoms with Crippen LogP contribution < -0.4 is 10.1 Å². The Kier molecular flexibility index (Phi) is 7.55. The van der Waals surface area contributed by atoms with Crippen LogP contribution in [0.4, 0.5) is 5.69 Å². The molecule has 1 N–H and O–H groups in total. The molecular weight excluding hydrogens is 378 g/mol. The molecule has 2 atom stereocenters. The molecule has 7 nitrogen and oxygen atoms in total. The van der Waals surface area contributed by atoms with Gasteiger partial charge in [-0.3, -0.25) is 14.9 Å². The van der Waals surface area contributed by atoms with Crippen molar-refractivity contribution in [3.63, 3.8) is 0 Å². The summed E-state index contributed by atoms with van der Waals surface area (Å²) in [5.74, 6) is 1.37. The zero-order valence-corrected chi connectivity index (χ0v) is 16.3. The van der Waals surface area contributed by atoms with E-state index in [1.165, 1.54) is 31.4 Å². The highest BCUT2D eigenvalue weighted by molar-refractivity contribution is 7.99. The maximum absolute atomic E-state index is 12.4. The van der Waals surface area contributed by atoms with E-state index in [0.29, 0.717) is 23.6 Å². The van der Waals surface area contributed by atoms with E-state index in [0.717, 1.165) is 31.5 Å². The predicted octanol–water partition coefficient (Wildman–Crippen LogP) is 2.61. The summed E-state index contributed by atoms with van der Waals surface area (Å²) in [7, 11) is 1.41. The Labute approximate surface area is 163 Å². The van der Waals surface area contributed by atoms with E-state index in [1.807, 2.05) is 4.90 Å². The smallest absolute Gasteiger partial charge is 0.311 e. The van der Waals surface area contributed by atoms with Crippen LogP contribution in [-0.2, 0) is 10.5 Å². The summed E-state index contributed by atoms with van der Waals surface area (Å²) in [6.07, 6.45) is 3.40. The van der Waals surface area contributed by atoms with Gasteiger partial charge in [-0.05, 0) is 30.9 Å². The minimum Gasteiger partial charge on any atom is -0.490 e. The number of ether oxygens (including phenoxy) is 1. The number of hydrogen-bond acceptors (Lipinski definition) is 6.